The van der Waals surface area contributed by atoms with Crippen molar-refractivity contribution in [1.82, 2.24) is 10.3 Å². The van der Waals surface area contributed by atoms with Gasteiger partial charge < -0.3 is 21.1 Å². The number of carbonyl (C=O) groups excluding carboxylic acids is 1. The monoisotopic (exact) mass is 282 g/mol. The lowest BCUT2D eigenvalue weighted by Crippen LogP contribution is -2.39. The van der Waals surface area contributed by atoms with Crippen molar-refractivity contribution in [2.75, 3.05) is 17.7 Å². The van der Waals surface area contributed by atoms with Crippen LogP contribution in [0.4, 0.5) is 10.9 Å². The van der Waals surface area contributed by atoms with Crippen LogP contribution in [0.5, 0.6) is 0 Å². The molecule has 0 aromatic carbocycles. The largest absolute Gasteiger partial charge is 0.382 e. The highest BCUT2D eigenvalue weighted by Crippen LogP contribution is 2.30. The predicted octanol–water partition coefficient (Wildman–Crippen LogP) is 1.21. The average molecular weight is 282 g/mol. The van der Waals surface area contributed by atoms with Crippen molar-refractivity contribution in [2.24, 2.45) is 0 Å². The van der Waals surface area contributed by atoms with Gasteiger partial charge in [-0.15, -0.1) is 0 Å². The van der Waals surface area contributed by atoms with Gasteiger partial charge in [0.25, 0.3) is 5.91 Å². The van der Waals surface area contributed by atoms with E-state index >= 15 is 0 Å². The molecule has 1 saturated heterocycles. The molecule has 0 bridgehead atoms. The topological polar surface area (TPSA) is 89.3 Å². The van der Waals surface area contributed by atoms with Gasteiger partial charge in [0.05, 0.1) is 12.1 Å². The second-order valence-electron chi connectivity index (χ2n) is 5.10. The lowest BCUT2D eigenvalue weighted by Gasteiger charge is -2.15. The molecule has 1 aliphatic heterocycles. The Morgan fingerprint density at radius 3 is 2.89 bits per heavy atom. The molecule has 2 unspecified atom stereocenters. The van der Waals surface area contributed by atoms with Crippen molar-refractivity contribution in [3.05, 3.63) is 4.88 Å². The van der Waals surface area contributed by atoms with Crippen molar-refractivity contribution in [1.29, 1.82) is 0 Å². The van der Waals surface area contributed by atoms with Crippen LogP contribution in [0.1, 0.15) is 35.9 Å². The van der Waals surface area contributed by atoms with E-state index in [0.29, 0.717) is 23.3 Å². The summed E-state index contributed by atoms with van der Waals surface area (Å²) in [7, 11) is 0. The molecule has 0 spiro atoms. The highest BCUT2D eigenvalue weighted by molar-refractivity contribution is 7.18. The van der Waals surface area contributed by atoms with Crippen LogP contribution in [0.3, 0.4) is 0 Å². The van der Waals surface area contributed by atoms with Crippen molar-refractivity contribution >= 4 is 28.2 Å². The summed E-state index contributed by atoms with van der Waals surface area (Å²) in [5.74, 6) is 0.151. The molecule has 1 aromatic heterocycles. The third kappa shape index (κ3) is 2.82. The number of amides is 1. The van der Waals surface area contributed by atoms with E-state index in [9.17, 15) is 4.79 Å². The fourth-order valence-electron chi connectivity index (χ4n) is 2.11. The van der Waals surface area contributed by atoms with Gasteiger partial charge in [0.1, 0.15) is 10.7 Å². The third-order valence-electron chi connectivity index (χ3n) is 3.46. The first kappa shape index (κ1) is 12.7. The van der Waals surface area contributed by atoms with Crippen LogP contribution in [0, 0.1) is 0 Å². The first-order valence-electron chi connectivity index (χ1n) is 6.59. The number of thiazole rings is 1. The van der Waals surface area contributed by atoms with Crippen LogP contribution in [0.25, 0.3) is 0 Å². The highest BCUT2D eigenvalue weighted by atomic mass is 32.1. The van der Waals surface area contributed by atoms with Crippen LogP contribution in [0.2, 0.25) is 0 Å². The lowest BCUT2D eigenvalue weighted by molar-refractivity contribution is 0.0870. The number of nitrogens with zero attached hydrogens (tertiary/aromatic N) is 1. The van der Waals surface area contributed by atoms with Gasteiger partial charge in [-0.05, 0) is 26.2 Å². The maximum Gasteiger partial charge on any atom is 0.265 e. The standard InChI is InChI=1S/C12H18N4O2S/c1-6-8(4-5-18-6)15-11(17)9-10(13)16-12(19-9)14-7-2-3-7/h6-8H,2-5,13H2,1H3,(H,14,16)(H,15,17). The summed E-state index contributed by atoms with van der Waals surface area (Å²) >= 11 is 1.32. The van der Waals surface area contributed by atoms with Crippen molar-refractivity contribution in [2.45, 2.75) is 44.4 Å². The second kappa shape index (κ2) is 4.97. The molecule has 1 amide bonds. The van der Waals surface area contributed by atoms with E-state index in [1.165, 1.54) is 11.3 Å². The average Bonchev–Trinajstić information content (AvgIpc) is 2.97. The zero-order valence-corrected chi connectivity index (χ0v) is 11.6. The fourth-order valence-corrected chi connectivity index (χ4v) is 2.98. The minimum atomic E-state index is -0.152. The Bertz CT molecular complexity index is 486. The van der Waals surface area contributed by atoms with Crippen LogP contribution in [0.15, 0.2) is 0 Å². The number of hydrogen-bond donors (Lipinski definition) is 3. The lowest BCUT2D eigenvalue weighted by atomic mass is 10.1. The van der Waals surface area contributed by atoms with Crippen LogP contribution in [-0.2, 0) is 4.74 Å². The molecular formula is C12H18N4O2S. The Balaban J connectivity index is 1.66. The third-order valence-corrected chi connectivity index (χ3v) is 4.46. The van der Waals surface area contributed by atoms with Gasteiger partial charge in [-0.1, -0.05) is 11.3 Å². The van der Waals surface area contributed by atoms with E-state index < -0.39 is 0 Å². The number of nitrogens with one attached hydrogen (secondary N) is 2. The van der Waals surface area contributed by atoms with E-state index in [1.807, 2.05) is 6.92 Å². The smallest absolute Gasteiger partial charge is 0.265 e. The summed E-state index contributed by atoms with van der Waals surface area (Å²) in [6.45, 7) is 2.66. The molecule has 4 N–H and O–H groups in total. The van der Waals surface area contributed by atoms with Gasteiger partial charge in [0.15, 0.2) is 5.13 Å². The molecule has 1 aliphatic carbocycles. The quantitative estimate of drug-likeness (QED) is 0.772. The summed E-state index contributed by atoms with van der Waals surface area (Å²) in [5.41, 5.74) is 5.81. The van der Waals surface area contributed by atoms with E-state index in [0.717, 1.165) is 24.4 Å². The molecule has 6 nitrogen and oxygen atoms in total. The van der Waals surface area contributed by atoms with Crippen molar-refractivity contribution < 1.29 is 9.53 Å². The summed E-state index contributed by atoms with van der Waals surface area (Å²) in [6, 6.07) is 0.568. The van der Waals surface area contributed by atoms with Gasteiger partial charge >= 0.3 is 0 Å². The minimum Gasteiger partial charge on any atom is -0.382 e. The molecule has 7 heteroatoms. The Morgan fingerprint density at radius 1 is 1.47 bits per heavy atom. The molecule has 2 fully saturated rings. The Hall–Kier alpha value is -1.34. The summed E-state index contributed by atoms with van der Waals surface area (Å²) < 4.78 is 5.43. The molecule has 2 heterocycles. The van der Waals surface area contributed by atoms with Crippen molar-refractivity contribution in [3.8, 4) is 0 Å². The van der Waals surface area contributed by atoms with Crippen LogP contribution >= 0.6 is 11.3 Å². The molecule has 104 valence electrons. The van der Waals surface area contributed by atoms with E-state index in [4.69, 9.17) is 10.5 Å². The van der Waals surface area contributed by atoms with E-state index in [2.05, 4.69) is 15.6 Å². The molecule has 19 heavy (non-hydrogen) atoms. The van der Waals surface area contributed by atoms with Gasteiger partial charge in [0, 0.05) is 12.6 Å². The number of rotatable bonds is 4. The molecule has 2 aliphatic rings. The summed E-state index contributed by atoms with van der Waals surface area (Å²) in [5, 5.41) is 6.96. The first-order chi connectivity index (χ1) is 9.13. The van der Waals surface area contributed by atoms with Gasteiger partial charge in [-0.2, -0.15) is 0 Å². The Labute approximate surface area is 115 Å². The zero-order valence-electron chi connectivity index (χ0n) is 10.8. The normalized spacial score (nSPS) is 26.4. The van der Waals surface area contributed by atoms with Crippen LogP contribution in [-0.4, -0.2) is 35.7 Å². The molecule has 0 radical (unpaired) electrons. The molecular weight excluding hydrogens is 264 g/mol. The van der Waals surface area contributed by atoms with Crippen molar-refractivity contribution in [3.63, 3.8) is 0 Å². The van der Waals surface area contributed by atoms with Gasteiger partial charge in [0.2, 0.25) is 0 Å². The maximum absolute atomic E-state index is 12.2. The Kier molecular flexibility index (Phi) is 3.32. The molecule has 1 aromatic rings. The number of anilines is 2. The minimum absolute atomic E-state index is 0.0576. The summed E-state index contributed by atoms with van der Waals surface area (Å²) in [6.07, 6.45) is 3.23. The number of carbonyl (C=O) groups is 1. The van der Waals surface area contributed by atoms with Gasteiger partial charge in [-0.25, -0.2) is 4.98 Å². The van der Waals surface area contributed by atoms with E-state index in [-0.39, 0.29) is 18.1 Å². The summed E-state index contributed by atoms with van der Waals surface area (Å²) in [4.78, 5) is 16.9. The molecule has 1 saturated carbocycles. The molecule has 3 rings (SSSR count). The fraction of sp³-hybridized carbons (Fsp3) is 0.667. The van der Waals surface area contributed by atoms with E-state index in [1.54, 1.807) is 0 Å². The highest BCUT2D eigenvalue weighted by Gasteiger charge is 2.28. The molecule has 2 atom stereocenters. The van der Waals surface area contributed by atoms with Crippen LogP contribution < -0.4 is 16.4 Å². The van der Waals surface area contributed by atoms with Gasteiger partial charge in [-0.3, -0.25) is 4.79 Å². The first-order valence-corrected chi connectivity index (χ1v) is 7.40. The number of hydrogen-bond acceptors (Lipinski definition) is 6. The number of aromatic nitrogens is 1. The second-order valence-corrected chi connectivity index (χ2v) is 6.10. The maximum atomic E-state index is 12.2. The number of nitrogens with two attached hydrogens (primary N) is 1. The predicted molar refractivity (Wildman–Crippen MR) is 74.5 cm³/mol. The number of ether oxygens (including phenoxy) is 1. The zero-order chi connectivity index (χ0) is 13.4. The Morgan fingerprint density at radius 2 is 2.26 bits per heavy atom. The SMILES string of the molecule is CC1OCCC1NC(=O)c1sc(NC2CC2)nc1N. The number of nitrogen functional groups attached to an aromatic ring is 1.